The van der Waals surface area contributed by atoms with Gasteiger partial charge in [-0.05, 0) is 24.3 Å². The Balaban J connectivity index is 1.54. The number of ether oxygens (including phenoxy) is 1. The van der Waals surface area contributed by atoms with Crippen LogP contribution < -0.4 is 9.64 Å². The molecule has 2 aromatic rings. The Kier molecular flexibility index (Phi) is 6.47. The summed E-state index contributed by atoms with van der Waals surface area (Å²) in [7, 11) is 1.64. The number of carbonyl (C=O) groups excluding carboxylic acids is 1. The topological polar surface area (TPSA) is 34.0 Å². The van der Waals surface area contributed by atoms with Gasteiger partial charge in [0.1, 0.15) is 12.3 Å². The van der Waals surface area contributed by atoms with Crippen molar-refractivity contribution in [3.05, 3.63) is 70.2 Å². The summed E-state index contributed by atoms with van der Waals surface area (Å²) in [5.74, 6) is 0.820. The van der Waals surface area contributed by atoms with Crippen molar-refractivity contribution in [3.63, 3.8) is 0 Å². The number of hydrogen-bond donors (Lipinski definition) is 1. The SMILES string of the molecule is COc1ccc(Br)cc1/C=C/C(=O)N1CC[NH+](Cc2ccccc2)CC1. The zero-order valence-electron chi connectivity index (χ0n) is 15.0. The Morgan fingerprint density at radius 1 is 1.19 bits per heavy atom. The van der Waals surface area contributed by atoms with Crippen molar-refractivity contribution >= 4 is 27.9 Å². The van der Waals surface area contributed by atoms with Gasteiger partial charge in [0.25, 0.3) is 0 Å². The first-order chi connectivity index (χ1) is 12.7. The van der Waals surface area contributed by atoms with Crippen molar-refractivity contribution in [2.24, 2.45) is 0 Å². The van der Waals surface area contributed by atoms with Crippen molar-refractivity contribution in [1.29, 1.82) is 0 Å². The van der Waals surface area contributed by atoms with E-state index in [1.807, 2.05) is 35.2 Å². The highest BCUT2D eigenvalue weighted by Crippen LogP contribution is 2.24. The molecule has 0 aromatic heterocycles. The Labute approximate surface area is 163 Å². The van der Waals surface area contributed by atoms with E-state index in [1.54, 1.807) is 13.2 Å². The number of benzene rings is 2. The Bertz CT molecular complexity index is 769. The van der Waals surface area contributed by atoms with Crippen LogP contribution in [0.5, 0.6) is 5.75 Å². The zero-order valence-corrected chi connectivity index (χ0v) is 16.5. The normalized spacial score (nSPS) is 15.4. The first-order valence-electron chi connectivity index (χ1n) is 8.84. The van der Waals surface area contributed by atoms with Crippen LogP contribution >= 0.6 is 15.9 Å². The summed E-state index contributed by atoms with van der Waals surface area (Å²) in [4.78, 5) is 16.0. The third-order valence-corrected chi connectivity index (χ3v) is 5.17. The lowest BCUT2D eigenvalue weighted by atomic mass is 10.1. The third kappa shape index (κ3) is 4.96. The predicted octanol–water partition coefficient (Wildman–Crippen LogP) is 2.40. The number of nitrogens with one attached hydrogen (secondary N) is 1. The first kappa shape index (κ1) is 18.7. The standard InChI is InChI=1S/C21H23BrN2O2/c1-26-20-9-8-19(22)15-18(20)7-10-21(25)24-13-11-23(12-14-24)16-17-5-3-2-4-6-17/h2-10,15H,11-14,16H2,1H3/p+1/b10-7+. The fourth-order valence-corrected chi connectivity index (χ4v) is 3.59. The molecule has 2 aromatic carbocycles. The Hall–Kier alpha value is -2.11. The van der Waals surface area contributed by atoms with Gasteiger partial charge < -0.3 is 14.5 Å². The molecular weight excluding hydrogens is 392 g/mol. The molecule has 26 heavy (non-hydrogen) atoms. The lowest BCUT2D eigenvalue weighted by molar-refractivity contribution is -0.917. The Morgan fingerprint density at radius 3 is 2.62 bits per heavy atom. The molecule has 1 heterocycles. The number of piperazine rings is 1. The van der Waals surface area contributed by atoms with Gasteiger partial charge in [-0.15, -0.1) is 0 Å². The highest BCUT2D eigenvalue weighted by Gasteiger charge is 2.22. The third-order valence-electron chi connectivity index (χ3n) is 4.68. The van der Waals surface area contributed by atoms with E-state index in [0.717, 1.165) is 48.5 Å². The second-order valence-electron chi connectivity index (χ2n) is 6.46. The molecule has 1 amide bonds. The summed E-state index contributed by atoms with van der Waals surface area (Å²) < 4.78 is 6.31. The molecule has 4 nitrogen and oxygen atoms in total. The van der Waals surface area contributed by atoms with Crippen LogP contribution in [0.3, 0.4) is 0 Å². The van der Waals surface area contributed by atoms with Crippen LogP contribution in [-0.4, -0.2) is 44.1 Å². The molecule has 0 aliphatic carbocycles. The average molecular weight is 416 g/mol. The maximum Gasteiger partial charge on any atom is 0.246 e. The quantitative estimate of drug-likeness (QED) is 0.760. The van der Waals surface area contributed by atoms with Crippen LogP contribution in [0.1, 0.15) is 11.1 Å². The fourth-order valence-electron chi connectivity index (χ4n) is 3.21. The van der Waals surface area contributed by atoms with Crippen LogP contribution in [0, 0.1) is 0 Å². The molecule has 0 spiro atoms. The van der Waals surface area contributed by atoms with E-state index in [0.29, 0.717) is 0 Å². The van der Waals surface area contributed by atoms with Crippen LogP contribution in [0.15, 0.2) is 59.1 Å². The van der Waals surface area contributed by atoms with Gasteiger partial charge in [0.2, 0.25) is 5.91 Å². The van der Waals surface area contributed by atoms with Gasteiger partial charge in [0.15, 0.2) is 0 Å². The molecule has 3 rings (SSSR count). The molecule has 1 aliphatic rings. The average Bonchev–Trinajstić information content (AvgIpc) is 2.67. The highest BCUT2D eigenvalue weighted by molar-refractivity contribution is 9.10. The molecule has 1 fully saturated rings. The van der Waals surface area contributed by atoms with Gasteiger partial charge in [0.05, 0.1) is 33.3 Å². The lowest BCUT2D eigenvalue weighted by Gasteiger charge is -2.31. The van der Waals surface area contributed by atoms with E-state index in [-0.39, 0.29) is 5.91 Å². The molecule has 5 heteroatoms. The molecule has 0 atom stereocenters. The zero-order chi connectivity index (χ0) is 18.4. The maximum absolute atomic E-state index is 12.5. The lowest BCUT2D eigenvalue weighted by Crippen LogP contribution is -3.13. The smallest absolute Gasteiger partial charge is 0.246 e. The van der Waals surface area contributed by atoms with Gasteiger partial charge in [-0.1, -0.05) is 46.3 Å². The van der Waals surface area contributed by atoms with Crippen LogP contribution in [0.25, 0.3) is 6.08 Å². The largest absolute Gasteiger partial charge is 0.496 e. The van der Waals surface area contributed by atoms with E-state index in [4.69, 9.17) is 4.74 Å². The second-order valence-corrected chi connectivity index (χ2v) is 7.37. The molecule has 0 saturated carbocycles. The molecule has 1 N–H and O–H groups in total. The number of halogens is 1. The highest BCUT2D eigenvalue weighted by atomic mass is 79.9. The number of hydrogen-bond acceptors (Lipinski definition) is 2. The minimum Gasteiger partial charge on any atom is -0.496 e. The van der Waals surface area contributed by atoms with E-state index in [2.05, 4.69) is 40.2 Å². The summed E-state index contributed by atoms with van der Waals surface area (Å²) >= 11 is 3.46. The minimum atomic E-state index is 0.0609. The maximum atomic E-state index is 12.5. The van der Waals surface area contributed by atoms with E-state index in [1.165, 1.54) is 10.5 Å². The van der Waals surface area contributed by atoms with Gasteiger partial charge in [-0.3, -0.25) is 4.79 Å². The van der Waals surface area contributed by atoms with Crippen molar-refractivity contribution in [2.75, 3.05) is 33.3 Å². The molecular formula is C21H24BrN2O2+. The van der Waals surface area contributed by atoms with Crippen LogP contribution in [0.4, 0.5) is 0 Å². The van der Waals surface area contributed by atoms with E-state index < -0.39 is 0 Å². The van der Waals surface area contributed by atoms with Crippen molar-refractivity contribution in [2.45, 2.75) is 6.54 Å². The molecule has 1 aliphatic heterocycles. The number of rotatable bonds is 5. The number of amides is 1. The Morgan fingerprint density at radius 2 is 1.92 bits per heavy atom. The van der Waals surface area contributed by atoms with Crippen molar-refractivity contribution in [3.8, 4) is 5.75 Å². The first-order valence-corrected chi connectivity index (χ1v) is 9.63. The summed E-state index contributed by atoms with van der Waals surface area (Å²) in [5, 5.41) is 0. The minimum absolute atomic E-state index is 0.0609. The molecule has 1 saturated heterocycles. The molecule has 0 unspecified atom stereocenters. The fraction of sp³-hybridized carbons (Fsp3) is 0.286. The summed E-state index contributed by atoms with van der Waals surface area (Å²) in [6.45, 7) is 4.57. The summed E-state index contributed by atoms with van der Waals surface area (Å²) in [6, 6.07) is 16.3. The van der Waals surface area contributed by atoms with Gasteiger partial charge in [0, 0.05) is 21.7 Å². The van der Waals surface area contributed by atoms with Gasteiger partial charge in [-0.2, -0.15) is 0 Å². The number of carbonyl (C=O) groups is 1. The van der Waals surface area contributed by atoms with E-state index >= 15 is 0 Å². The van der Waals surface area contributed by atoms with Crippen molar-refractivity contribution < 1.29 is 14.4 Å². The van der Waals surface area contributed by atoms with Gasteiger partial charge >= 0.3 is 0 Å². The number of methoxy groups -OCH3 is 1. The number of nitrogens with zero attached hydrogens (tertiary/aromatic N) is 1. The molecule has 0 bridgehead atoms. The van der Waals surface area contributed by atoms with Gasteiger partial charge in [-0.25, -0.2) is 0 Å². The second kappa shape index (κ2) is 9.01. The van der Waals surface area contributed by atoms with Crippen molar-refractivity contribution in [1.82, 2.24) is 4.90 Å². The summed E-state index contributed by atoms with van der Waals surface area (Å²) in [5.41, 5.74) is 2.24. The van der Waals surface area contributed by atoms with Crippen LogP contribution in [0.2, 0.25) is 0 Å². The predicted molar refractivity (Wildman–Crippen MR) is 107 cm³/mol. The molecule has 0 radical (unpaired) electrons. The van der Waals surface area contributed by atoms with Crippen LogP contribution in [-0.2, 0) is 11.3 Å². The summed E-state index contributed by atoms with van der Waals surface area (Å²) in [6.07, 6.45) is 3.47. The van der Waals surface area contributed by atoms with E-state index in [9.17, 15) is 4.79 Å². The monoisotopic (exact) mass is 415 g/mol. The number of quaternary nitrogens is 1. The molecule has 136 valence electrons.